The van der Waals surface area contributed by atoms with Crippen molar-refractivity contribution in [1.29, 1.82) is 0 Å². The highest BCUT2D eigenvalue weighted by Gasteiger charge is 2.18. The van der Waals surface area contributed by atoms with E-state index in [0.29, 0.717) is 35.0 Å². The topological polar surface area (TPSA) is 134 Å². The number of rotatable bonds is 11. The molecule has 0 spiro atoms. The molecule has 0 bridgehead atoms. The Hall–Kier alpha value is -4.54. The maximum atomic E-state index is 13.1. The van der Waals surface area contributed by atoms with Gasteiger partial charge in [0.2, 0.25) is 0 Å². The van der Waals surface area contributed by atoms with E-state index in [9.17, 15) is 18.0 Å². The van der Waals surface area contributed by atoms with Gasteiger partial charge in [-0.3, -0.25) is 9.52 Å². The van der Waals surface area contributed by atoms with E-state index in [-0.39, 0.29) is 22.8 Å². The highest BCUT2D eigenvalue weighted by atomic mass is 35.5. The van der Waals surface area contributed by atoms with Crippen LogP contribution in [-0.2, 0) is 27.7 Å². The molecule has 0 atom stereocenters. The first-order valence-electron chi connectivity index (χ1n) is 12.2. The Morgan fingerprint density at radius 3 is 2.30 bits per heavy atom. The summed E-state index contributed by atoms with van der Waals surface area (Å²) < 4.78 is 34.7. The molecule has 11 heteroatoms. The van der Waals surface area contributed by atoms with Crippen LogP contribution in [0, 0.1) is 0 Å². The number of halogens is 1. The molecule has 0 aliphatic heterocycles. The van der Waals surface area contributed by atoms with E-state index < -0.39 is 22.0 Å². The van der Waals surface area contributed by atoms with E-state index in [1.807, 2.05) is 30.3 Å². The largest absolute Gasteiger partial charge is 0.481 e. The zero-order chi connectivity index (χ0) is 28.5. The van der Waals surface area contributed by atoms with Gasteiger partial charge < -0.3 is 20.5 Å². The molecule has 0 aliphatic rings. The number of aliphatic carboxylic acids is 1. The van der Waals surface area contributed by atoms with Crippen LogP contribution in [0.25, 0.3) is 0 Å². The lowest BCUT2D eigenvalue weighted by atomic mass is 10.1. The third-order valence-electron chi connectivity index (χ3n) is 5.63. The number of carbonyl (C=O) groups excluding carboxylic acids is 1. The molecule has 0 fully saturated rings. The Bertz CT molecular complexity index is 1600. The number of urea groups is 1. The summed E-state index contributed by atoms with van der Waals surface area (Å²) >= 11 is 5.90. The van der Waals surface area contributed by atoms with Crippen molar-refractivity contribution in [3.05, 3.63) is 113 Å². The molecule has 9 nitrogen and oxygen atoms in total. The SMILES string of the molecule is O=C(O)Cc1cccc(Oc2ccc(NC(=O)NCCc3ccccc3)cc2NS(=O)(=O)c2ccc(Cl)cc2)c1. The first-order valence-corrected chi connectivity index (χ1v) is 14.0. The molecule has 0 saturated carbocycles. The normalized spacial score (nSPS) is 10.9. The van der Waals surface area contributed by atoms with E-state index in [1.54, 1.807) is 30.3 Å². The van der Waals surface area contributed by atoms with Crippen LogP contribution in [0.3, 0.4) is 0 Å². The van der Waals surface area contributed by atoms with Crippen molar-refractivity contribution in [3.63, 3.8) is 0 Å². The fourth-order valence-corrected chi connectivity index (χ4v) is 4.94. The second-order valence-corrected chi connectivity index (χ2v) is 10.8. The predicted octanol–water partition coefficient (Wildman–Crippen LogP) is 5.92. The number of carboxylic acids is 1. The van der Waals surface area contributed by atoms with Gasteiger partial charge in [0, 0.05) is 17.3 Å². The second kappa shape index (κ2) is 13.0. The summed E-state index contributed by atoms with van der Waals surface area (Å²) in [5.74, 6) is -0.545. The molecule has 0 aromatic heterocycles. The Labute approximate surface area is 236 Å². The van der Waals surface area contributed by atoms with E-state index in [2.05, 4.69) is 15.4 Å². The van der Waals surface area contributed by atoms with Crippen molar-refractivity contribution in [2.75, 3.05) is 16.6 Å². The first kappa shape index (κ1) is 28.5. The van der Waals surface area contributed by atoms with Crippen LogP contribution in [0.15, 0.2) is 102 Å². The molecular formula is C29H26ClN3O6S. The number of anilines is 2. The van der Waals surface area contributed by atoms with Gasteiger partial charge in [0.25, 0.3) is 10.0 Å². The van der Waals surface area contributed by atoms with Gasteiger partial charge in [-0.15, -0.1) is 0 Å². The van der Waals surface area contributed by atoms with Gasteiger partial charge in [-0.1, -0.05) is 54.1 Å². The summed E-state index contributed by atoms with van der Waals surface area (Å²) in [6.07, 6.45) is 0.448. The molecule has 206 valence electrons. The van der Waals surface area contributed by atoms with Crippen molar-refractivity contribution in [2.24, 2.45) is 0 Å². The molecule has 4 aromatic carbocycles. The summed E-state index contributed by atoms with van der Waals surface area (Å²) in [6, 6.07) is 25.8. The summed E-state index contributed by atoms with van der Waals surface area (Å²) in [6.45, 7) is 0.403. The van der Waals surface area contributed by atoms with Crippen LogP contribution >= 0.6 is 11.6 Å². The van der Waals surface area contributed by atoms with Gasteiger partial charge in [-0.05, 0) is 72.1 Å². The van der Waals surface area contributed by atoms with E-state index in [4.69, 9.17) is 21.4 Å². The highest BCUT2D eigenvalue weighted by molar-refractivity contribution is 7.92. The molecule has 4 aromatic rings. The van der Waals surface area contributed by atoms with Crippen LogP contribution in [0.2, 0.25) is 5.02 Å². The molecule has 40 heavy (non-hydrogen) atoms. The molecule has 4 rings (SSSR count). The molecule has 4 N–H and O–H groups in total. The smallest absolute Gasteiger partial charge is 0.319 e. The summed E-state index contributed by atoms with van der Waals surface area (Å²) in [5.41, 5.74) is 1.97. The zero-order valence-corrected chi connectivity index (χ0v) is 22.7. The van der Waals surface area contributed by atoms with Crippen molar-refractivity contribution in [3.8, 4) is 11.5 Å². The van der Waals surface area contributed by atoms with Crippen LogP contribution in [-0.4, -0.2) is 32.1 Å². The number of amides is 2. The average molecular weight is 580 g/mol. The van der Waals surface area contributed by atoms with Gasteiger partial charge in [0.1, 0.15) is 5.75 Å². The number of sulfonamides is 1. The fraction of sp³-hybridized carbons (Fsp3) is 0.103. The molecule has 0 saturated heterocycles. The highest BCUT2D eigenvalue weighted by Crippen LogP contribution is 2.34. The lowest BCUT2D eigenvalue weighted by molar-refractivity contribution is -0.136. The molecule has 0 unspecified atom stereocenters. The van der Waals surface area contributed by atoms with Gasteiger partial charge in [-0.2, -0.15) is 0 Å². The van der Waals surface area contributed by atoms with Crippen LogP contribution in [0.5, 0.6) is 11.5 Å². The van der Waals surface area contributed by atoms with Gasteiger partial charge in [0.05, 0.1) is 17.0 Å². The monoisotopic (exact) mass is 579 g/mol. The van der Waals surface area contributed by atoms with Crippen LogP contribution in [0.1, 0.15) is 11.1 Å². The van der Waals surface area contributed by atoms with Gasteiger partial charge in [0.15, 0.2) is 5.75 Å². The number of ether oxygens (including phenoxy) is 1. The molecule has 0 aliphatic carbocycles. The van der Waals surface area contributed by atoms with Crippen molar-refractivity contribution >= 4 is 45.0 Å². The predicted molar refractivity (Wildman–Crippen MR) is 154 cm³/mol. The standard InChI is InChI=1S/C29H26ClN3O6S/c30-22-9-12-25(13-10-22)40(37,38)33-26-19-23(32-29(36)31-16-15-20-5-2-1-3-6-20)11-14-27(26)39-24-8-4-7-21(17-24)18-28(34)35/h1-14,17,19,33H,15-16,18H2,(H,34,35)(H2,31,32,36). The number of carbonyl (C=O) groups is 2. The summed E-state index contributed by atoms with van der Waals surface area (Å²) in [7, 11) is -4.05. The first-order chi connectivity index (χ1) is 19.2. The molecule has 2 amide bonds. The fourth-order valence-electron chi connectivity index (χ4n) is 3.75. The average Bonchev–Trinajstić information content (AvgIpc) is 2.91. The minimum absolute atomic E-state index is 0.0247. The third kappa shape index (κ3) is 8.23. The number of benzene rings is 4. The van der Waals surface area contributed by atoms with Gasteiger partial charge in [-0.25, -0.2) is 13.2 Å². The van der Waals surface area contributed by atoms with E-state index >= 15 is 0 Å². The van der Waals surface area contributed by atoms with Gasteiger partial charge >= 0.3 is 12.0 Å². The Morgan fingerprint density at radius 2 is 1.57 bits per heavy atom. The van der Waals surface area contributed by atoms with Crippen LogP contribution < -0.4 is 20.1 Å². The van der Waals surface area contributed by atoms with E-state index in [1.165, 1.54) is 36.4 Å². The Kier molecular flexibility index (Phi) is 9.26. The number of hydrogen-bond donors (Lipinski definition) is 4. The number of nitrogens with one attached hydrogen (secondary N) is 3. The van der Waals surface area contributed by atoms with Crippen molar-refractivity contribution < 1.29 is 27.9 Å². The maximum Gasteiger partial charge on any atom is 0.319 e. The third-order valence-corrected chi connectivity index (χ3v) is 7.26. The maximum absolute atomic E-state index is 13.1. The Morgan fingerprint density at radius 1 is 0.850 bits per heavy atom. The number of hydrogen-bond acceptors (Lipinski definition) is 5. The number of carboxylic acid groups (broad SMARTS) is 1. The van der Waals surface area contributed by atoms with Crippen molar-refractivity contribution in [2.45, 2.75) is 17.7 Å². The summed E-state index contributed by atoms with van der Waals surface area (Å²) in [5, 5.41) is 15.0. The van der Waals surface area contributed by atoms with Crippen LogP contribution in [0.4, 0.5) is 16.2 Å². The molecular weight excluding hydrogens is 554 g/mol. The minimum atomic E-state index is -4.05. The molecule has 0 radical (unpaired) electrons. The lowest BCUT2D eigenvalue weighted by Crippen LogP contribution is -2.30. The lowest BCUT2D eigenvalue weighted by Gasteiger charge is -2.16. The Balaban J connectivity index is 1.55. The second-order valence-electron chi connectivity index (χ2n) is 8.71. The zero-order valence-electron chi connectivity index (χ0n) is 21.1. The summed E-state index contributed by atoms with van der Waals surface area (Å²) in [4.78, 5) is 23.6. The minimum Gasteiger partial charge on any atom is -0.481 e. The molecule has 0 heterocycles. The van der Waals surface area contributed by atoms with E-state index in [0.717, 1.165) is 5.56 Å². The van der Waals surface area contributed by atoms with Crippen molar-refractivity contribution in [1.82, 2.24) is 5.32 Å². The quantitative estimate of drug-likeness (QED) is 0.174.